The number of aliphatic imine (C=N–C) groups is 1. The number of fused-ring (bicyclic) bond motifs is 1. The monoisotopic (exact) mass is 370 g/mol. The predicted molar refractivity (Wildman–Crippen MR) is 102 cm³/mol. The van der Waals surface area contributed by atoms with Gasteiger partial charge in [0.25, 0.3) is 0 Å². The van der Waals surface area contributed by atoms with Crippen LogP contribution in [0.2, 0.25) is 0 Å². The van der Waals surface area contributed by atoms with Gasteiger partial charge in [0, 0.05) is 37.7 Å². The van der Waals surface area contributed by atoms with Crippen molar-refractivity contribution in [3.63, 3.8) is 0 Å². The fraction of sp³-hybridized carbons (Fsp3) is 0.579. The first-order valence-electron chi connectivity index (χ1n) is 9.22. The Kier molecular flexibility index (Phi) is 5.49. The van der Waals surface area contributed by atoms with E-state index in [1.807, 2.05) is 44.0 Å². The van der Waals surface area contributed by atoms with Gasteiger partial charge in [0.05, 0.1) is 0 Å². The van der Waals surface area contributed by atoms with Crippen LogP contribution in [0.4, 0.5) is 10.5 Å². The maximum absolute atomic E-state index is 12.1. The van der Waals surface area contributed by atoms with Crippen LogP contribution in [0.25, 0.3) is 0 Å². The van der Waals surface area contributed by atoms with E-state index in [2.05, 4.69) is 20.6 Å². The molecule has 8 nitrogen and oxygen atoms in total. The van der Waals surface area contributed by atoms with E-state index in [-0.39, 0.29) is 6.09 Å². The molecule has 1 aromatic rings. The Morgan fingerprint density at radius 1 is 1.37 bits per heavy atom. The molecule has 0 bridgehead atoms. The number of piperidine rings is 1. The largest absolute Gasteiger partial charge is 0.444 e. The van der Waals surface area contributed by atoms with Crippen LogP contribution in [0.3, 0.4) is 0 Å². The van der Waals surface area contributed by atoms with Crippen LogP contribution in [0.1, 0.15) is 27.2 Å². The number of carbonyl (C=O) groups excluding carboxylic acids is 1. The highest BCUT2D eigenvalue weighted by atomic mass is 16.6. The number of carbonyl (C=O) groups is 1. The van der Waals surface area contributed by atoms with Gasteiger partial charge in [0.1, 0.15) is 5.60 Å². The average Bonchev–Trinajstić information content (AvgIpc) is 3.04. The summed E-state index contributed by atoms with van der Waals surface area (Å²) in [6, 6.07) is 3.62. The van der Waals surface area contributed by atoms with Gasteiger partial charge in [-0.1, -0.05) is 0 Å². The minimum Gasteiger partial charge on any atom is -0.444 e. The SMILES string of the molecule is CC(C)(C)OC(=O)N1C[C@@H]2C(CCN=C(NC#N)Nc3ccncc3)[C@@H]2C1. The van der Waals surface area contributed by atoms with Crippen molar-refractivity contribution in [2.45, 2.75) is 32.8 Å². The molecule has 8 heteroatoms. The van der Waals surface area contributed by atoms with Crippen LogP contribution in [-0.4, -0.2) is 47.2 Å². The van der Waals surface area contributed by atoms with Crippen molar-refractivity contribution in [2.24, 2.45) is 22.7 Å². The minimum atomic E-state index is -0.454. The lowest BCUT2D eigenvalue weighted by molar-refractivity contribution is 0.0265. The summed E-state index contributed by atoms with van der Waals surface area (Å²) in [4.78, 5) is 22.4. The third-order valence-corrected chi connectivity index (χ3v) is 4.87. The number of aromatic nitrogens is 1. The maximum atomic E-state index is 12.1. The fourth-order valence-corrected chi connectivity index (χ4v) is 3.61. The van der Waals surface area contributed by atoms with Crippen LogP contribution in [0.15, 0.2) is 29.5 Å². The minimum absolute atomic E-state index is 0.214. The van der Waals surface area contributed by atoms with Crippen molar-refractivity contribution in [3.05, 3.63) is 24.5 Å². The highest BCUT2D eigenvalue weighted by molar-refractivity contribution is 5.94. The summed E-state index contributed by atoms with van der Waals surface area (Å²) in [6.07, 6.45) is 5.99. The van der Waals surface area contributed by atoms with E-state index < -0.39 is 5.60 Å². The number of likely N-dealkylation sites (tertiary alicyclic amines) is 1. The Hall–Kier alpha value is -2.82. The number of nitrogens with zero attached hydrogens (tertiary/aromatic N) is 4. The van der Waals surface area contributed by atoms with Gasteiger partial charge >= 0.3 is 6.09 Å². The average molecular weight is 370 g/mol. The Morgan fingerprint density at radius 2 is 2.04 bits per heavy atom. The second-order valence-electron chi connectivity index (χ2n) is 7.99. The van der Waals surface area contributed by atoms with E-state index in [9.17, 15) is 4.79 Å². The van der Waals surface area contributed by atoms with Crippen LogP contribution in [0, 0.1) is 29.2 Å². The van der Waals surface area contributed by atoms with Gasteiger partial charge in [0.15, 0.2) is 6.19 Å². The molecule has 1 aliphatic heterocycles. The molecule has 1 saturated carbocycles. The Bertz CT molecular complexity index is 725. The Labute approximate surface area is 159 Å². The molecule has 2 aliphatic rings. The molecule has 1 aliphatic carbocycles. The van der Waals surface area contributed by atoms with Crippen LogP contribution >= 0.6 is 0 Å². The molecule has 1 saturated heterocycles. The number of hydrogen-bond donors (Lipinski definition) is 2. The first kappa shape index (κ1) is 19.0. The second-order valence-corrected chi connectivity index (χ2v) is 7.99. The van der Waals surface area contributed by atoms with Crippen molar-refractivity contribution >= 4 is 17.7 Å². The summed E-state index contributed by atoms with van der Waals surface area (Å²) in [5, 5.41) is 14.5. The summed E-state index contributed by atoms with van der Waals surface area (Å²) in [6.45, 7) is 7.82. The molecule has 2 N–H and O–H groups in total. The van der Waals surface area contributed by atoms with E-state index in [0.717, 1.165) is 25.2 Å². The van der Waals surface area contributed by atoms with Crippen molar-refractivity contribution in [3.8, 4) is 6.19 Å². The van der Waals surface area contributed by atoms with E-state index >= 15 is 0 Å². The predicted octanol–water partition coefficient (Wildman–Crippen LogP) is 2.42. The summed E-state index contributed by atoms with van der Waals surface area (Å²) in [5.41, 5.74) is 0.368. The number of guanidine groups is 1. The third kappa shape index (κ3) is 5.09. The van der Waals surface area contributed by atoms with Crippen molar-refractivity contribution in [1.82, 2.24) is 15.2 Å². The number of amides is 1. The van der Waals surface area contributed by atoms with Gasteiger partial charge in [0.2, 0.25) is 5.96 Å². The summed E-state index contributed by atoms with van der Waals surface area (Å²) >= 11 is 0. The Morgan fingerprint density at radius 3 is 2.63 bits per heavy atom. The standard InChI is InChI=1S/C19H26N6O2/c1-19(2,3)27-18(26)25-10-15-14(16(15)11-25)6-9-22-17(23-12-20)24-13-4-7-21-8-5-13/h4-5,7-8,14-16H,6,9-11H2,1-3H3,(H2,21,22,23,24)/t14?,15-,16+. The highest BCUT2D eigenvalue weighted by Crippen LogP contribution is 2.53. The number of anilines is 1. The summed E-state index contributed by atoms with van der Waals surface area (Å²) in [7, 11) is 0. The van der Waals surface area contributed by atoms with Gasteiger partial charge in [-0.15, -0.1) is 0 Å². The van der Waals surface area contributed by atoms with Crippen LogP contribution < -0.4 is 10.6 Å². The molecule has 0 spiro atoms. The smallest absolute Gasteiger partial charge is 0.410 e. The molecule has 1 aromatic heterocycles. The van der Waals surface area contributed by atoms with Gasteiger partial charge in [-0.25, -0.2) is 4.79 Å². The molecular formula is C19H26N6O2. The molecule has 3 atom stereocenters. The van der Waals surface area contributed by atoms with E-state index in [1.54, 1.807) is 12.4 Å². The molecule has 144 valence electrons. The topological polar surface area (TPSA) is 103 Å². The molecule has 2 heterocycles. The third-order valence-electron chi connectivity index (χ3n) is 4.87. The first-order chi connectivity index (χ1) is 12.9. The Balaban J connectivity index is 1.43. The number of pyridine rings is 1. The number of hydrogen-bond acceptors (Lipinski definition) is 5. The zero-order valence-corrected chi connectivity index (χ0v) is 16.0. The van der Waals surface area contributed by atoms with Crippen molar-refractivity contribution in [1.29, 1.82) is 5.26 Å². The zero-order chi connectivity index (χ0) is 19.4. The lowest BCUT2D eigenvalue weighted by Gasteiger charge is -2.25. The number of ether oxygens (including phenoxy) is 1. The number of nitrogens with one attached hydrogen (secondary N) is 2. The second kappa shape index (κ2) is 7.82. The van der Waals surface area contributed by atoms with E-state index in [0.29, 0.717) is 30.3 Å². The molecule has 3 rings (SSSR count). The van der Waals surface area contributed by atoms with Gasteiger partial charge in [-0.05, 0) is 57.1 Å². The molecule has 0 aromatic carbocycles. The lowest BCUT2D eigenvalue weighted by Crippen LogP contribution is -2.37. The molecule has 27 heavy (non-hydrogen) atoms. The molecule has 0 radical (unpaired) electrons. The van der Waals surface area contributed by atoms with Gasteiger partial charge in [-0.2, -0.15) is 5.26 Å². The van der Waals surface area contributed by atoms with Crippen molar-refractivity contribution in [2.75, 3.05) is 25.0 Å². The lowest BCUT2D eigenvalue weighted by atomic mass is 10.2. The van der Waals surface area contributed by atoms with Crippen LogP contribution in [-0.2, 0) is 4.74 Å². The van der Waals surface area contributed by atoms with Crippen molar-refractivity contribution < 1.29 is 9.53 Å². The maximum Gasteiger partial charge on any atom is 0.410 e. The van der Waals surface area contributed by atoms with Gasteiger partial charge < -0.3 is 15.0 Å². The number of nitriles is 1. The molecule has 1 amide bonds. The normalized spacial score (nSPS) is 24.0. The molecule has 2 fully saturated rings. The highest BCUT2D eigenvalue weighted by Gasteiger charge is 2.56. The number of rotatable bonds is 4. The fourth-order valence-electron chi connectivity index (χ4n) is 3.61. The summed E-state index contributed by atoms with van der Waals surface area (Å²) in [5.74, 6) is 2.13. The summed E-state index contributed by atoms with van der Waals surface area (Å²) < 4.78 is 5.44. The molecular weight excluding hydrogens is 344 g/mol. The molecule has 1 unspecified atom stereocenters. The van der Waals surface area contributed by atoms with E-state index in [1.165, 1.54) is 0 Å². The zero-order valence-electron chi connectivity index (χ0n) is 16.0. The first-order valence-corrected chi connectivity index (χ1v) is 9.22. The van der Waals surface area contributed by atoms with E-state index in [4.69, 9.17) is 10.00 Å². The van der Waals surface area contributed by atoms with Gasteiger partial charge in [-0.3, -0.25) is 15.3 Å². The van der Waals surface area contributed by atoms with Crippen LogP contribution in [0.5, 0.6) is 0 Å². The quantitative estimate of drug-likeness (QED) is 0.365.